The Kier molecular flexibility index (Phi) is 7.90. The molecule has 0 radical (unpaired) electrons. The average molecular weight is 463 g/mol. The number of nitrogens with two attached hydrogens (primary N) is 1. The molecule has 2 aromatic carbocycles. The van der Waals surface area contributed by atoms with Crippen molar-refractivity contribution in [2.24, 2.45) is 5.73 Å². The maximum absolute atomic E-state index is 14.0. The molecule has 0 bridgehead atoms. The third-order valence-corrected chi connectivity index (χ3v) is 5.04. The number of benzene rings is 2. The van der Waals surface area contributed by atoms with Crippen molar-refractivity contribution < 1.29 is 23.5 Å². The number of carbonyl (C=O) groups is 2. The number of ketones is 1. The van der Waals surface area contributed by atoms with Crippen molar-refractivity contribution >= 4 is 11.7 Å². The fourth-order valence-corrected chi connectivity index (χ4v) is 3.27. The summed E-state index contributed by atoms with van der Waals surface area (Å²) < 4.78 is 26.0. The van der Waals surface area contributed by atoms with Crippen molar-refractivity contribution in [1.82, 2.24) is 4.57 Å². The molecule has 0 unspecified atom stereocenters. The molecular formula is C25H22FN3O5. The van der Waals surface area contributed by atoms with Crippen LogP contribution in [0.1, 0.15) is 43.8 Å². The lowest BCUT2D eigenvalue weighted by molar-refractivity contribution is 0.0998. The van der Waals surface area contributed by atoms with E-state index in [1.807, 2.05) is 0 Å². The van der Waals surface area contributed by atoms with Gasteiger partial charge in [0, 0.05) is 37.6 Å². The molecule has 0 fully saturated rings. The first-order valence-corrected chi connectivity index (χ1v) is 10.3. The Hall–Kier alpha value is -4.29. The minimum absolute atomic E-state index is 0.0465. The van der Waals surface area contributed by atoms with E-state index in [0.29, 0.717) is 24.2 Å². The van der Waals surface area contributed by atoms with Gasteiger partial charge in [-0.15, -0.1) is 0 Å². The summed E-state index contributed by atoms with van der Waals surface area (Å²) in [6.07, 6.45) is 1.85. The van der Waals surface area contributed by atoms with E-state index < -0.39 is 23.1 Å². The fraction of sp³-hybridized carbons (Fsp3) is 0.200. The standard InChI is InChI=1S/C25H22FN3O5/c1-33-10-2-9-29-14-19(11-18(13-27)25(29)32)23(30)21-12-20(26)7-8-22(21)34-15-16-3-5-17(6-4-16)24(28)31/h3-8,11-12,14H,2,9-10,15H2,1H3,(H2,28,31). The predicted molar refractivity (Wildman–Crippen MR) is 121 cm³/mol. The number of methoxy groups -OCH3 is 1. The first-order valence-electron chi connectivity index (χ1n) is 10.3. The van der Waals surface area contributed by atoms with E-state index in [4.69, 9.17) is 15.2 Å². The molecule has 0 aliphatic rings. The number of pyridine rings is 1. The minimum atomic E-state index is -0.643. The number of carbonyl (C=O) groups excluding carboxylic acids is 2. The zero-order valence-corrected chi connectivity index (χ0v) is 18.4. The summed E-state index contributed by atoms with van der Waals surface area (Å²) >= 11 is 0. The molecule has 8 nitrogen and oxygen atoms in total. The molecule has 3 rings (SSSR count). The molecule has 3 aromatic rings. The molecule has 0 saturated carbocycles. The number of nitrogens with zero attached hydrogens (tertiary/aromatic N) is 2. The lowest BCUT2D eigenvalue weighted by atomic mass is 10.0. The zero-order chi connectivity index (χ0) is 24.7. The van der Waals surface area contributed by atoms with E-state index in [1.165, 1.54) is 30.0 Å². The van der Waals surface area contributed by atoms with Crippen molar-refractivity contribution in [2.45, 2.75) is 19.6 Å². The second-order valence-electron chi connectivity index (χ2n) is 7.42. The van der Waals surface area contributed by atoms with Crippen LogP contribution in [0.4, 0.5) is 4.39 Å². The molecule has 174 valence electrons. The second kappa shape index (κ2) is 11.0. The highest BCUT2D eigenvalue weighted by Crippen LogP contribution is 2.24. The molecule has 0 atom stereocenters. The van der Waals surface area contributed by atoms with E-state index in [2.05, 4.69) is 0 Å². The summed E-state index contributed by atoms with van der Waals surface area (Å²) in [6, 6.07) is 12.9. The van der Waals surface area contributed by atoms with Gasteiger partial charge >= 0.3 is 0 Å². The lowest BCUT2D eigenvalue weighted by Crippen LogP contribution is -2.24. The van der Waals surface area contributed by atoms with Crippen LogP contribution >= 0.6 is 0 Å². The Morgan fingerprint density at radius 3 is 2.50 bits per heavy atom. The van der Waals surface area contributed by atoms with Gasteiger partial charge < -0.3 is 19.8 Å². The lowest BCUT2D eigenvalue weighted by Gasteiger charge is -2.13. The van der Waals surface area contributed by atoms with Gasteiger partial charge in [0.05, 0.1) is 5.56 Å². The van der Waals surface area contributed by atoms with Crippen LogP contribution in [0.15, 0.2) is 59.5 Å². The highest BCUT2D eigenvalue weighted by atomic mass is 19.1. The van der Waals surface area contributed by atoms with Gasteiger partial charge in [-0.25, -0.2) is 4.39 Å². The minimum Gasteiger partial charge on any atom is -0.488 e. The molecule has 2 N–H and O–H groups in total. The maximum atomic E-state index is 14.0. The van der Waals surface area contributed by atoms with Gasteiger partial charge in [-0.1, -0.05) is 12.1 Å². The number of amides is 1. The number of nitriles is 1. The smallest absolute Gasteiger partial charge is 0.268 e. The van der Waals surface area contributed by atoms with Crippen molar-refractivity contribution in [3.05, 3.63) is 98.7 Å². The van der Waals surface area contributed by atoms with E-state index in [-0.39, 0.29) is 35.6 Å². The van der Waals surface area contributed by atoms with E-state index >= 15 is 0 Å². The first-order chi connectivity index (χ1) is 16.3. The Labute approximate surface area is 195 Å². The molecule has 0 aliphatic heterocycles. The number of hydrogen-bond acceptors (Lipinski definition) is 6. The molecule has 9 heteroatoms. The van der Waals surface area contributed by atoms with E-state index in [1.54, 1.807) is 30.3 Å². The van der Waals surface area contributed by atoms with E-state index in [9.17, 15) is 24.0 Å². The van der Waals surface area contributed by atoms with Crippen LogP contribution in [-0.2, 0) is 17.9 Å². The third-order valence-electron chi connectivity index (χ3n) is 5.04. The summed E-state index contributed by atoms with van der Waals surface area (Å²) in [4.78, 5) is 36.9. The Bertz CT molecular complexity index is 1310. The largest absolute Gasteiger partial charge is 0.488 e. The fourth-order valence-electron chi connectivity index (χ4n) is 3.27. The molecule has 0 saturated heterocycles. The van der Waals surface area contributed by atoms with Crippen molar-refractivity contribution in [3.63, 3.8) is 0 Å². The van der Waals surface area contributed by atoms with Gasteiger partial charge in [0.25, 0.3) is 5.56 Å². The summed E-state index contributed by atoms with van der Waals surface area (Å²) in [5.74, 6) is -1.67. The monoisotopic (exact) mass is 463 g/mol. The summed E-state index contributed by atoms with van der Waals surface area (Å²) in [5, 5.41) is 9.34. The van der Waals surface area contributed by atoms with Crippen molar-refractivity contribution in [3.8, 4) is 11.8 Å². The molecule has 1 aromatic heterocycles. The topological polar surface area (TPSA) is 124 Å². The van der Waals surface area contributed by atoms with Crippen LogP contribution in [0.2, 0.25) is 0 Å². The van der Waals surface area contributed by atoms with Gasteiger partial charge in [-0.3, -0.25) is 14.4 Å². The van der Waals surface area contributed by atoms with Gasteiger partial charge in [-0.05, 0) is 48.4 Å². The molecule has 1 amide bonds. The highest BCUT2D eigenvalue weighted by Gasteiger charge is 2.19. The maximum Gasteiger partial charge on any atom is 0.268 e. The van der Waals surface area contributed by atoms with Crippen LogP contribution in [0.5, 0.6) is 5.75 Å². The highest BCUT2D eigenvalue weighted by molar-refractivity contribution is 6.10. The number of ether oxygens (including phenoxy) is 2. The SMILES string of the molecule is COCCCn1cc(C(=O)c2cc(F)ccc2OCc2ccc(C(N)=O)cc2)cc(C#N)c1=O. The molecule has 0 spiro atoms. The molecule has 34 heavy (non-hydrogen) atoms. The van der Waals surface area contributed by atoms with Crippen molar-refractivity contribution in [2.75, 3.05) is 13.7 Å². The van der Waals surface area contributed by atoms with E-state index in [0.717, 1.165) is 12.1 Å². The molecular weight excluding hydrogens is 441 g/mol. The summed E-state index contributed by atoms with van der Waals surface area (Å²) in [6.45, 7) is 0.690. The van der Waals surface area contributed by atoms with Crippen molar-refractivity contribution in [1.29, 1.82) is 5.26 Å². The first kappa shape index (κ1) is 24.4. The summed E-state index contributed by atoms with van der Waals surface area (Å²) in [5.41, 5.74) is 5.55. The number of aryl methyl sites for hydroxylation is 1. The average Bonchev–Trinajstić information content (AvgIpc) is 2.84. The summed E-state index contributed by atoms with van der Waals surface area (Å²) in [7, 11) is 1.53. The third kappa shape index (κ3) is 5.74. The van der Waals surface area contributed by atoms with Crippen LogP contribution in [0.3, 0.4) is 0 Å². The van der Waals surface area contributed by atoms with Gasteiger partial charge in [0.15, 0.2) is 5.78 Å². The van der Waals surface area contributed by atoms with Gasteiger partial charge in [0.2, 0.25) is 5.91 Å². The predicted octanol–water partition coefficient (Wildman–Crippen LogP) is 2.80. The quantitative estimate of drug-likeness (QED) is 0.364. The molecule has 0 aliphatic carbocycles. The van der Waals surface area contributed by atoms with Gasteiger partial charge in [0.1, 0.15) is 29.8 Å². The Balaban J connectivity index is 1.91. The van der Waals surface area contributed by atoms with Crippen LogP contribution in [0.25, 0.3) is 0 Å². The number of hydrogen-bond donors (Lipinski definition) is 1. The number of primary amides is 1. The number of halogens is 1. The van der Waals surface area contributed by atoms with Crippen LogP contribution in [0, 0.1) is 17.1 Å². The number of rotatable bonds is 10. The van der Waals surface area contributed by atoms with Crippen LogP contribution < -0.4 is 16.0 Å². The normalized spacial score (nSPS) is 10.5. The Morgan fingerprint density at radius 1 is 1.12 bits per heavy atom. The second-order valence-corrected chi connectivity index (χ2v) is 7.42. The zero-order valence-electron chi connectivity index (χ0n) is 18.4. The Morgan fingerprint density at radius 2 is 1.85 bits per heavy atom. The van der Waals surface area contributed by atoms with Gasteiger partial charge in [-0.2, -0.15) is 5.26 Å². The number of aromatic nitrogens is 1. The van der Waals surface area contributed by atoms with Crippen LogP contribution in [-0.4, -0.2) is 30.0 Å². The molecule has 1 heterocycles.